The largest absolute Gasteiger partial charge is 0.377 e. The van der Waals surface area contributed by atoms with E-state index in [4.69, 9.17) is 4.74 Å². The predicted octanol–water partition coefficient (Wildman–Crippen LogP) is 1.56. The fourth-order valence-electron chi connectivity index (χ4n) is 0.746. The number of hydrogen-bond acceptors (Lipinski definition) is 2. The van der Waals surface area contributed by atoms with Crippen LogP contribution in [0.1, 0.15) is 19.8 Å². The van der Waals surface area contributed by atoms with Crippen molar-refractivity contribution in [1.29, 1.82) is 0 Å². The van der Waals surface area contributed by atoms with Crippen molar-refractivity contribution in [3.05, 3.63) is 12.2 Å². The Hall–Kier alpha value is -0.630. The molecule has 0 saturated heterocycles. The highest BCUT2D eigenvalue weighted by atomic mass is 16.5. The quantitative estimate of drug-likeness (QED) is 0.430. The second kappa shape index (κ2) is 6.49. The maximum Gasteiger partial charge on any atom is 0.142 e. The van der Waals surface area contributed by atoms with E-state index in [1.165, 1.54) is 6.08 Å². The van der Waals surface area contributed by atoms with E-state index in [9.17, 15) is 4.79 Å². The van der Waals surface area contributed by atoms with Crippen LogP contribution in [-0.4, -0.2) is 19.5 Å². The van der Waals surface area contributed by atoms with Gasteiger partial charge in [0, 0.05) is 7.11 Å². The molecule has 2 heteroatoms. The molecular formula is C8H14O2. The van der Waals surface area contributed by atoms with E-state index in [1.54, 1.807) is 13.2 Å². The van der Waals surface area contributed by atoms with E-state index in [0.717, 1.165) is 19.1 Å². The van der Waals surface area contributed by atoms with Crippen molar-refractivity contribution >= 4 is 6.29 Å². The van der Waals surface area contributed by atoms with Gasteiger partial charge in [0.15, 0.2) is 0 Å². The predicted molar refractivity (Wildman–Crippen MR) is 40.9 cm³/mol. The fraction of sp³-hybridized carbons (Fsp3) is 0.625. The number of carbonyl (C=O) groups is 1. The minimum absolute atomic E-state index is 0.107. The van der Waals surface area contributed by atoms with E-state index in [-0.39, 0.29) is 6.10 Å². The van der Waals surface area contributed by atoms with Crippen molar-refractivity contribution in [3.63, 3.8) is 0 Å². The average Bonchev–Trinajstić information content (AvgIpc) is 1.98. The molecule has 0 radical (unpaired) electrons. The van der Waals surface area contributed by atoms with Gasteiger partial charge in [0.1, 0.15) is 6.29 Å². The summed E-state index contributed by atoms with van der Waals surface area (Å²) >= 11 is 0. The van der Waals surface area contributed by atoms with Gasteiger partial charge in [-0.25, -0.2) is 0 Å². The smallest absolute Gasteiger partial charge is 0.142 e. The molecule has 0 aromatic heterocycles. The van der Waals surface area contributed by atoms with Crippen molar-refractivity contribution in [2.75, 3.05) is 7.11 Å². The molecule has 0 aromatic rings. The zero-order valence-electron chi connectivity index (χ0n) is 6.54. The summed E-state index contributed by atoms with van der Waals surface area (Å²) in [6, 6.07) is 0. The molecule has 0 N–H and O–H groups in total. The number of aldehydes is 1. The second-order valence-corrected chi connectivity index (χ2v) is 2.08. The molecule has 0 rings (SSSR count). The van der Waals surface area contributed by atoms with Crippen molar-refractivity contribution in [1.82, 2.24) is 0 Å². The second-order valence-electron chi connectivity index (χ2n) is 2.08. The van der Waals surface area contributed by atoms with Crippen molar-refractivity contribution in [3.8, 4) is 0 Å². The van der Waals surface area contributed by atoms with Crippen LogP contribution in [-0.2, 0) is 9.53 Å². The number of allylic oxidation sites excluding steroid dienone is 1. The number of carbonyl (C=O) groups excluding carboxylic acids is 1. The first-order valence-corrected chi connectivity index (χ1v) is 3.50. The Labute approximate surface area is 61.9 Å². The Balaban J connectivity index is 3.58. The van der Waals surface area contributed by atoms with Gasteiger partial charge in [0.05, 0.1) is 6.10 Å². The summed E-state index contributed by atoms with van der Waals surface area (Å²) in [4.78, 5) is 9.89. The average molecular weight is 142 g/mol. The van der Waals surface area contributed by atoms with Crippen molar-refractivity contribution < 1.29 is 9.53 Å². The minimum atomic E-state index is 0.107. The standard InChI is InChI=1S/C8H14O2/c1-3-5-8(10-2)6-4-7-9/h4,6-8H,3,5H2,1-2H3/b6-4+. The first-order valence-electron chi connectivity index (χ1n) is 3.50. The van der Waals surface area contributed by atoms with Crippen LogP contribution in [0.4, 0.5) is 0 Å². The first kappa shape index (κ1) is 9.37. The normalized spacial score (nSPS) is 13.8. The van der Waals surface area contributed by atoms with Crippen molar-refractivity contribution in [2.24, 2.45) is 0 Å². The van der Waals surface area contributed by atoms with E-state index >= 15 is 0 Å². The highest BCUT2D eigenvalue weighted by molar-refractivity contribution is 5.64. The van der Waals surface area contributed by atoms with Gasteiger partial charge < -0.3 is 4.74 Å². The molecule has 0 bridgehead atoms. The SMILES string of the molecule is CCCC(/C=C/C=O)OC. The maximum absolute atomic E-state index is 9.89. The van der Waals surface area contributed by atoms with E-state index < -0.39 is 0 Å². The molecule has 0 amide bonds. The Morgan fingerprint density at radius 1 is 1.60 bits per heavy atom. The molecule has 58 valence electrons. The Morgan fingerprint density at radius 3 is 2.70 bits per heavy atom. The molecule has 0 aliphatic carbocycles. The van der Waals surface area contributed by atoms with Crippen LogP contribution in [0.5, 0.6) is 0 Å². The number of rotatable bonds is 5. The van der Waals surface area contributed by atoms with Gasteiger partial charge >= 0.3 is 0 Å². The van der Waals surface area contributed by atoms with Crippen LogP contribution >= 0.6 is 0 Å². The molecule has 0 aliphatic heterocycles. The lowest BCUT2D eigenvalue weighted by Crippen LogP contribution is -2.05. The molecule has 10 heavy (non-hydrogen) atoms. The van der Waals surface area contributed by atoms with Crippen LogP contribution in [0.15, 0.2) is 12.2 Å². The fourth-order valence-corrected chi connectivity index (χ4v) is 0.746. The molecular weight excluding hydrogens is 128 g/mol. The number of hydrogen-bond donors (Lipinski definition) is 0. The van der Waals surface area contributed by atoms with Crippen LogP contribution in [0.25, 0.3) is 0 Å². The Kier molecular flexibility index (Phi) is 6.08. The molecule has 0 fully saturated rings. The van der Waals surface area contributed by atoms with Gasteiger partial charge in [0.2, 0.25) is 0 Å². The molecule has 0 spiro atoms. The monoisotopic (exact) mass is 142 g/mol. The summed E-state index contributed by atoms with van der Waals surface area (Å²) < 4.78 is 5.05. The molecule has 0 saturated carbocycles. The Morgan fingerprint density at radius 2 is 2.30 bits per heavy atom. The zero-order valence-corrected chi connectivity index (χ0v) is 6.54. The molecule has 0 aromatic carbocycles. The summed E-state index contributed by atoms with van der Waals surface area (Å²) in [5, 5.41) is 0. The maximum atomic E-state index is 9.89. The zero-order chi connectivity index (χ0) is 7.82. The third-order valence-electron chi connectivity index (χ3n) is 1.28. The number of ether oxygens (including phenoxy) is 1. The van der Waals surface area contributed by atoms with E-state index in [0.29, 0.717) is 0 Å². The highest BCUT2D eigenvalue weighted by Gasteiger charge is 1.97. The van der Waals surface area contributed by atoms with Gasteiger partial charge in [-0.3, -0.25) is 4.79 Å². The molecule has 0 aliphatic rings. The summed E-state index contributed by atoms with van der Waals surface area (Å²) in [7, 11) is 1.65. The summed E-state index contributed by atoms with van der Waals surface area (Å²) in [6.07, 6.45) is 6.17. The van der Waals surface area contributed by atoms with Gasteiger partial charge in [-0.1, -0.05) is 19.4 Å². The Bertz CT molecular complexity index is 108. The molecule has 1 atom stereocenters. The van der Waals surface area contributed by atoms with Crippen LogP contribution in [0.3, 0.4) is 0 Å². The van der Waals surface area contributed by atoms with Crippen molar-refractivity contribution in [2.45, 2.75) is 25.9 Å². The summed E-state index contributed by atoms with van der Waals surface area (Å²) in [5.74, 6) is 0. The number of methoxy groups -OCH3 is 1. The van der Waals surface area contributed by atoms with Gasteiger partial charge in [-0.05, 0) is 12.5 Å². The molecule has 1 unspecified atom stereocenters. The van der Waals surface area contributed by atoms with Gasteiger partial charge in [-0.2, -0.15) is 0 Å². The third-order valence-corrected chi connectivity index (χ3v) is 1.28. The lowest BCUT2D eigenvalue weighted by molar-refractivity contribution is -0.104. The molecule has 0 heterocycles. The van der Waals surface area contributed by atoms with Crippen LogP contribution in [0.2, 0.25) is 0 Å². The van der Waals surface area contributed by atoms with Crippen LogP contribution < -0.4 is 0 Å². The van der Waals surface area contributed by atoms with E-state index in [1.807, 2.05) is 0 Å². The minimum Gasteiger partial charge on any atom is -0.377 e. The molecule has 2 nitrogen and oxygen atoms in total. The summed E-state index contributed by atoms with van der Waals surface area (Å²) in [5.41, 5.74) is 0. The van der Waals surface area contributed by atoms with Gasteiger partial charge in [0.25, 0.3) is 0 Å². The first-order chi connectivity index (χ1) is 4.85. The third kappa shape index (κ3) is 4.27. The van der Waals surface area contributed by atoms with Crippen LogP contribution in [0, 0.1) is 0 Å². The van der Waals surface area contributed by atoms with Gasteiger partial charge in [-0.15, -0.1) is 0 Å². The lowest BCUT2D eigenvalue weighted by atomic mass is 10.2. The summed E-state index contributed by atoms with van der Waals surface area (Å²) in [6.45, 7) is 2.08. The lowest BCUT2D eigenvalue weighted by Gasteiger charge is -2.06. The highest BCUT2D eigenvalue weighted by Crippen LogP contribution is 2.01. The topological polar surface area (TPSA) is 26.3 Å². The van der Waals surface area contributed by atoms with E-state index in [2.05, 4.69) is 6.92 Å².